The molecule has 0 bridgehead atoms. The summed E-state index contributed by atoms with van der Waals surface area (Å²) < 4.78 is 22.6. The van der Waals surface area contributed by atoms with Crippen LogP contribution in [0.25, 0.3) is 10.9 Å². The first kappa shape index (κ1) is 15.6. The summed E-state index contributed by atoms with van der Waals surface area (Å²) >= 11 is 0. The zero-order valence-electron chi connectivity index (χ0n) is 10.7. The van der Waals surface area contributed by atoms with Gasteiger partial charge in [0.15, 0.2) is 0 Å². The number of para-hydroxylation sites is 1. The van der Waals surface area contributed by atoms with Gasteiger partial charge in [0.25, 0.3) is 0 Å². The molecule has 0 amide bonds. The van der Waals surface area contributed by atoms with Crippen molar-refractivity contribution in [2.75, 3.05) is 0 Å². The first-order valence-electron chi connectivity index (χ1n) is 5.90. The topological polar surface area (TPSA) is 88.4 Å². The second kappa shape index (κ2) is 7.28. The van der Waals surface area contributed by atoms with Gasteiger partial charge < -0.3 is 0 Å². The van der Waals surface area contributed by atoms with E-state index in [0.717, 1.165) is 16.5 Å². The molecule has 0 aliphatic carbocycles. The Balaban J connectivity index is 2.46. The molecule has 0 aliphatic heterocycles. The Hall–Kier alpha value is -1.79. The van der Waals surface area contributed by atoms with Gasteiger partial charge in [-0.2, -0.15) is 0 Å². The van der Waals surface area contributed by atoms with Crippen LogP contribution in [0.4, 0.5) is 0 Å². The van der Waals surface area contributed by atoms with Crippen molar-refractivity contribution in [2.24, 2.45) is 0 Å². The van der Waals surface area contributed by atoms with Crippen LogP contribution in [-0.4, -0.2) is 21.7 Å². The number of hydrogen-bond donors (Lipinski definition) is 2. The minimum atomic E-state index is -1.07. The zero-order valence-corrected chi connectivity index (χ0v) is 12.5. The molecule has 0 saturated carbocycles. The van der Waals surface area contributed by atoms with Crippen molar-refractivity contribution in [1.82, 2.24) is 9.88 Å². The van der Waals surface area contributed by atoms with E-state index < -0.39 is 19.9 Å². The third kappa shape index (κ3) is 3.65. The quantitative estimate of drug-likeness (QED) is 0.667. The second-order valence-corrected chi connectivity index (χ2v) is 4.96. The fourth-order valence-corrected chi connectivity index (χ4v) is 2.53. The molecular weight excluding hydrogens is 310 g/mol. The maximum absolute atomic E-state index is 11.2. The summed E-state index contributed by atoms with van der Waals surface area (Å²) in [4.78, 5) is 11.2. The summed E-state index contributed by atoms with van der Waals surface area (Å²) in [6.45, 7) is 0. The van der Waals surface area contributed by atoms with Crippen LogP contribution in [0.5, 0.6) is 0 Å². The molecule has 0 fully saturated rings. The van der Waals surface area contributed by atoms with Gasteiger partial charge in [-0.1, -0.05) is 0 Å². The summed E-state index contributed by atoms with van der Waals surface area (Å²) in [6.07, 6.45) is 1.85. The molecule has 2 N–H and O–H groups in total. The van der Waals surface area contributed by atoms with Crippen LogP contribution < -0.4 is 5.32 Å². The molecule has 106 valence electrons. The number of carbonyl (C=O) groups is 1. The van der Waals surface area contributed by atoms with Gasteiger partial charge in [0.05, 0.1) is 0 Å². The molecule has 8 heteroatoms. The van der Waals surface area contributed by atoms with Crippen molar-refractivity contribution >= 4 is 32.7 Å². The molecule has 1 aromatic carbocycles. The predicted octanol–water partition coefficient (Wildman–Crippen LogP) is 2.49. The predicted molar refractivity (Wildman–Crippen MR) is 78.6 cm³/mol. The molecule has 1 aromatic heterocycles. The van der Waals surface area contributed by atoms with Crippen molar-refractivity contribution in [1.29, 1.82) is 0 Å². The summed E-state index contributed by atoms with van der Waals surface area (Å²) in [5, 5.41) is 12.5. The average Bonchev–Trinajstić information content (AvgIpc) is 2.82. The van der Waals surface area contributed by atoms with E-state index in [2.05, 4.69) is 16.8 Å². The van der Waals surface area contributed by atoms with E-state index in [9.17, 15) is 13.9 Å². The Labute approximate surface area is 122 Å². The number of carboxylic acids is 1. The standard InChI is InChI=1S/C13H10N2O4P2/c16-13(17)11(14-7-20-18)5-9-6-15(8-21-19)12-4-2-1-3-10(9)12/h1-4,6,11,14H,5H2,(H,16,17)/t11-/m0/s1. The number of benzene rings is 1. The van der Waals surface area contributed by atoms with Gasteiger partial charge >= 0.3 is 122 Å². The minimum absolute atomic E-state index is 0.169. The van der Waals surface area contributed by atoms with E-state index >= 15 is 0 Å². The van der Waals surface area contributed by atoms with Crippen LogP contribution in [0.15, 0.2) is 30.5 Å². The van der Waals surface area contributed by atoms with Crippen molar-refractivity contribution in [3.63, 3.8) is 0 Å². The molecule has 0 saturated heterocycles. The summed E-state index contributed by atoms with van der Waals surface area (Å²) in [5.41, 5.74) is 1.54. The normalized spacial score (nSPS) is 11.4. The molecule has 6 nitrogen and oxygen atoms in total. The average molecular weight is 320 g/mol. The van der Waals surface area contributed by atoms with Gasteiger partial charge in [0.2, 0.25) is 0 Å². The number of nitrogens with one attached hydrogen (secondary N) is 1. The molecule has 0 radical (unpaired) electrons. The van der Waals surface area contributed by atoms with Crippen molar-refractivity contribution < 1.29 is 19.0 Å². The van der Waals surface area contributed by atoms with E-state index in [0.29, 0.717) is 0 Å². The number of hydrogen-bond acceptors (Lipinski definition) is 4. The molecular formula is C13H10N2O4P2. The van der Waals surface area contributed by atoms with Crippen LogP contribution in [0.3, 0.4) is 0 Å². The Morgan fingerprint density at radius 3 is 2.76 bits per heavy atom. The second-order valence-electron chi connectivity index (χ2n) is 4.18. The summed E-state index contributed by atoms with van der Waals surface area (Å²) in [7, 11) is -0.663. The van der Waals surface area contributed by atoms with E-state index in [1.165, 1.54) is 0 Å². The van der Waals surface area contributed by atoms with Gasteiger partial charge in [-0.25, -0.2) is 0 Å². The van der Waals surface area contributed by atoms with Crippen molar-refractivity contribution in [3.8, 4) is 11.5 Å². The zero-order chi connectivity index (χ0) is 15.2. The summed E-state index contributed by atoms with van der Waals surface area (Å²) in [6, 6.07) is 6.40. The van der Waals surface area contributed by atoms with E-state index in [1.54, 1.807) is 10.8 Å². The number of aliphatic carboxylic acids is 1. The van der Waals surface area contributed by atoms with Crippen LogP contribution in [0, 0.1) is 11.5 Å². The van der Waals surface area contributed by atoms with E-state index in [4.69, 9.17) is 5.11 Å². The number of carboxylic acid groups (broad SMARTS) is 1. The fourth-order valence-electron chi connectivity index (χ4n) is 2.06. The number of rotatable bonds is 4. The van der Waals surface area contributed by atoms with Gasteiger partial charge in [-0.3, -0.25) is 0 Å². The molecule has 2 rings (SSSR count). The van der Waals surface area contributed by atoms with Crippen LogP contribution in [0.1, 0.15) is 5.56 Å². The molecule has 0 spiro atoms. The number of aromatic nitrogens is 1. The van der Waals surface area contributed by atoms with Crippen LogP contribution >= 0.6 is 15.8 Å². The Bertz CT molecular complexity index is 895. The Morgan fingerprint density at radius 2 is 2.10 bits per heavy atom. The Kier molecular flexibility index (Phi) is 5.41. The van der Waals surface area contributed by atoms with Crippen LogP contribution in [0.2, 0.25) is 0 Å². The number of fused-ring (bicyclic) bond motifs is 1. The summed E-state index contributed by atoms with van der Waals surface area (Å²) in [5.74, 6) is 3.79. The fraction of sp³-hybridized carbons (Fsp3) is 0.154. The molecule has 2 aromatic rings. The van der Waals surface area contributed by atoms with Crippen LogP contribution in [-0.2, 0) is 20.3 Å². The third-order valence-electron chi connectivity index (χ3n) is 2.95. The molecule has 1 heterocycles. The molecule has 1 atom stereocenters. The van der Waals surface area contributed by atoms with Gasteiger partial charge in [0.1, 0.15) is 0 Å². The molecule has 21 heavy (non-hydrogen) atoms. The molecule has 0 unspecified atom stereocenters. The SMILES string of the molecule is O=P#CN[C@@H](Cc1cn(C#P=O)c2ccccc12)C(=O)O. The van der Waals surface area contributed by atoms with Gasteiger partial charge in [-0.15, -0.1) is 0 Å². The maximum atomic E-state index is 11.2. The number of nitrogens with zero attached hydrogens (tertiary/aromatic N) is 1. The van der Waals surface area contributed by atoms with E-state index in [-0.39, 0.29) is 14.3 Å². The Morgan fingerprint density at radius 1 is 1.33 bits per heavy atom. The monoisotopic (exact) mass is 320 g/mol. The molecule has 0 aliphatic rings. The van der Waals surface area contributed by atoms with Crippen molar-refractivity contribution in [3.05, 3.63) is 36.0 Å². The van der Waals surface area contributed by atoms with E-state index in [1.807, 2.05) is 24.3 Å². The third-order valence-corrected chi connectivity index (χ3v) is 3.47. The van der Waals surface area contributed by atoms with Gasteiger partial charge in [-0.05, 0) is 0 Å². The first-order chi connectivity index (χ1) is 10.2. The van der Waals surface area contributed by atoms with Gasteiger partial charge in [0, 0.05) is 0 Å². The van der Waals surface area contributed by atoms with Crippen molar-refractivity contribution in [2.45, 2.75) is 12.5 Å². The first-order valence-corrected chi connectivity index (χ1v) is 7.53.